The standard InChI is InChI=1S/C22H25Cl2N5O7S/c1-9-12(23)13(24)14(25-9)17(30)26-10-4-7-29(8-11(10)35-2)21-27-15(16(37-21)19(32)36-3)18(31)28-22(5-6-22)20(33)34/h10-11,25H,4-8H2,1-3H3,(H,26,30)(H,28,31)(H,33,34)/t10-,11+/m1/s1. The van der Waals surface area contributed by atoms with Gasteiger partial charge in [-0.3, -0.25) is 9.59 Å². The summed E-state index contributed by atoms with van der Waals surface area (Å²) in [5, 5.41) is 15.6. The molecule has 0 unspecified atom stereocenters. The fraction of sp³-hybridized carbons (Fsp3) is 0.500. The molecule has 12 nitrogen and oxygen atoms in total. The number of aliphatic carboxylic acids is 1. The third kappa shape index (κ3) is 5.26. The fourth-order valence-electron chi connectivity index (χ4n) is 4.09. The van der Waals surface area contributed by atoms with Crippen molar-refractivity contribution in [3.8, 4) is 0 Å². The van der Waals surface area contributed by atoms with Gasteiger partial charge in [0.15, 0.2) is 10.8 Å². The van der Waals surface area contributed by atoms with Crippen LogP contribution in [0.25, 0.3) is 0 Å². The molecule has 4 N–H and O–H groups in total. The summed E-state index contributed by atoms with van der Waals surface area (Å²) in [6.45, 7) is 2.43. The Labute approximate surface area is 225 Å². The van der Waals surface area contributed by atoms with Crippen molar-refractivity contribution in [3.05, 3.63) is 32.0 Å². The number of nitrogens with one attached hydrogen (secondary N) is 3. The molecule has 4 rings (SSSR count). The van der Waals surface area contributed by atoms with Crippen LogP contribution in [0.1, 0.15) is 55.6 Å². The number of aromatic nitrogens is 2. The Kier molecular flexibility index (Phi) is 7.70. The number of methoxy groups -OCH3 is 2. The van der Waals surface area contributed by atoms with Crippen molar-refractivity contribution in [2.45, 2.75) is 43.9 Å². The Bertz CT molecular complexity index is 1260. The van der Waals surface area contributed by atoms with Crippen LogP contribution >= 0.6 is 34.5 Å². The lowest BCUT2D eigenvalue weighted by Crippen LogP contribution is -2.55. The average Bonchev–Trinajstić information content (AvgIpc) is 3.45. The molecule has 2 amide bonds. The Morgan fingerprint density at radius 1 is 1.19 bits per heavy atom. The molecule has 3 heterocycles. The third-order valence-corrected chi connectivity index (χ3v) is 8.49. The number of thiazole rings is 1. The molecule has 0 spiro atoms. The molecule has 0 bridgehead atoms. The summed E-state index contributed by atoms with van der Waals surface area (Å²) in [5.74, 6) is -3.07. The zero-order valence-electron chi connectivity index (χ0n) is 20.1. The van der Waals surface area contributed by atoms with E-state index in [4.69, 9.17) is 32.7 Å². The molecule has 15 heteroatoms. The molecule has 1 saturated heterocycles. The van der Waals surface area contributed by atoms with Gasteiger partial charge in [0.1, 0.15) is 16.1 Å². The van der Waals surface area contributed by atoms with Crippen molar-refractivity contribution >= 4 is 63.4 Å². The smallest absolute Gasteiger partial charge is 0.350 e. The highest BCUT2D eigenvalue weighted by atomic mass is 35.5. The van der Waals surface area contributed by atoms with Gasteiger partial charge >= 0.3 is 11.9 Å². The number of rotatable bonds is 8. The Morgan fingerprint density at radius 2 is 1.89 bits per heavy atom. The normalized spacial score (nSPS) is 20.3. The number of carboxylic acid groups (broad SMARTS) is 1. The van der Waals surface area contributed by atoms with E-state index < -0.39 is 35.4 Å². The van der Waals surface area contributed by atoms with Gasteiger partial charge in [0.25, 0.3) is 11.8 Å². The highest BCUT2D eigenvalue weighted by Gasteiger charge is 2.52. The number of aryl methyl sites for hydroxylation is 1. The lowest BCUT2D eigenvalue weighted by Gasteiger charge is -2.37. The van der Waals surface area contributed by atoms with Gasteiger partial charge in [-0.2, -0.15) is 0 Å². The molecule has 2 atom stereocenters. The van der Waals surface area contributed by atoms with Crippen LogP contribution in [-0.4, -0.2) is 83.8 Å². The highest BCUT2D eigenvalue weighted by molar-refractivity contribution is 7.17. The maximum atomic E-state index is 12.9. The second kappa shape index (κ2) is 10.5. The number of H-pyrrole nitrogens is 1. The average molecular weight is 574 g/mol. The van der Waals surface area contributed by atoms with E-state index in [9.17, 15) is 24.3 Å². The zero-order chi connectivity index (χ0) is 27.1. The van der Waals surface area contributed by atoms with Gasteiger partial charge in [-0.1, -0.05) is 34.5 Å². The molecule has 2 aromatic rings. The largest absolute Gasteiger partial charge is 0.480 e. The Morgan fingerprint density at radius 3 is 2.43 bits per heavy atom. The number of esters is 1. The topological polar surface area (TPSA) is 163 Å². The van der Waals surface area contributed by atoms with E-state index in [-0.39, 0.29) is 32.4 Å². The first kappa shape index (κ1) is 27.2. The Hall–Kier alpha value is -2.87. The van der Waals surface area contributed by atoms with Gasteiger partial charge in [0.2, 0.25) is 0 Å². The number of halogens is 2. The van der Waals surface area contributed by atoms with Gasteiger partial charge in [0.05, 0.1) is 29.3 Å². The number of anilines is 1. The van der Waals surface area contributed by atoms with Crippen LogP contribution in [0.2, 0.25) is 10.0 Å². The van der Waals surface area contributed by atoms with Crippen LogP contribution in [0.4, 0.5) is 5.13 Å². The van der Waals surface area contributed by atoms with E-state index in [2.05, 4.69) is 20.6 Å². The molecule has 2 aliphatic rings. The number of nitrogens with zero attached hydrogens (tertiary/aromatic N) is 2. The molecule has 2 fully saturated rings. The van der Waals surface area contributed by atoms with Gasteiger partial charge in [-0.15, -0.1) is 0 Å². The van der Waals surface area contributed by atoms with E-state index >= 15 is 0 Å². The van der Waals surface area contributed by atoms with Crippen LogP contribution in [0.15, 0.2) is 0 Å². The van der Waals surface area contributed by atoms with Crippen molar-refractivity contribution in [2.75, 3.05) is 32.2 Å². The van der Waals surface area contributed by atoms with Gasteiger partial charge in [0, 0.05) is 25.9 Å². The number of carbonyl (C=O) groups is 4. The second-order valence-corrected chi connectivity index (χ2v) is 10.6. The summed E-state index contributed by atoms with van der Waals surface area (Å²) in [6.07, 6.45) is 0.610. The predicted molar refractivity (Wildman–Crippen MR) is 135 cm³/mol. The van der Waals surface area contributed by atoms with Crippen molar-refractivity contribution in [1.82, 2.24) is 20.6 Å². The lowest BCUT2D eigenvalue weighted by molar-refractivity contribution is -0.140. The fourth-order valence-corrected chi connectivity index (χ4v) is 5.52. The number of piperidine rings is 1. The van der Waals surface area contributed by atoms with Crippen LogP contribution in [0.3, 0.4) is 0 Å². The van der Waals surface area contributed by atoms with E-state index in [1.54, 1.807) is 6.92 Å². The van der Waals surface area contributed by atoms with Crippen molar-refractivity contribution in [1.29, 1.82) is 0 Å². The number of hydrogen-bond donors (Lipinski definition) is 4. The number of amides is 2. The zero-order valence-corrected chi connectivity index (χ0v) is 22.5. The first-order valence-electron chi connectivity index (χ1n) is 11.3. The summed E-state index contributed by atoms with van der Waals surface area (Å²) in [6, 6.07) is -0.361. The summed E-state index contributed by atoms with van der Waals surface area (Å²) in [7, 11) is 2.70. The lowest BCUT2D eigenvalue weighted by atomic mass is 10.0. The van der Waals surface area contributed by atoms with Crippen LogP contribution in [0, 0.1) is 6.92 Å². The third-order valence-electron chi connectivity index (χ3n) is 6.44. The second-order valence-electron chi connectivity index (χ2n) is 8.85. The van der Waals surface area contributed by atoms with Gasteiger partial charge in [-0.25, -0.2) is 14.6 Å². The maximum absolute atomic E-state index is 12.9. The number of ether oxygens (including phenoxy) is 2. The summed E-state index contributed by atoms with van der Waals surface area (Å²) >= 11 is 13.2. The summed E-state index contributed by atoms with van der Waals surface area (Å²) in [5.41, 5.74) is -0.792. The first-order chi connectivity index (χ1) is 17.5. The first-order valence-corrected chi connectivity index (χ1v) is 12.9. The minimum Gasteiger partial charge on any atom is -0.480 e. The van der Waals surface area contributed by atoms with Crippen molar-refractivity contribution < 1.29 is 33.8 Å². The number of carboxylic acids is 1. The van der Waals surface area contributed by atoms with Gasteiger partial charge in [-0.05, 0) is 26.2 Å². The molecule has 1 aliphatic heterocycles. The van der Waals surface area contributed by atoms with Crippen LogP contribution in [-0.2, 0) is 14.3 Å². The van der Waals surface area contributed by atoms with E-state index in [1.807, 2.05) is 4.90 Å². The number of carbonyl (C=O) groups excluding carboxylic acids is 3. The predicted octanol–water partition coefficient (Wildman–Crippen LogP) is 2.24. The molecule has 1 aliphatic carbocycles. The SMILES string of the molecule is COC(=O)c1sc(N2CC[C@@H](NC(=O)c3[nH]c(C)c(Cl)c3Cl)[C@@H](OC)C2)nc1C(=O)NC1(C(=O)O)CC1. The highest BCUT2D eigenvalue weighted by Crippen LogP contribution is 2.37. The maximum Gasteiger partial charge on any atom is 0.350 e. The van der Waals surface area contributed by atoms with Crippen LogP contribution in [0.5, 0.6) is 0 Å². The van der Waals surface area contributed by atoms with Crippen LogP contribution < -0.4 is 15.5 Å². The minimum atomic E-state index is -1.34. The molecule has 1 saturated carbocycles. The van der Waals surface area contributed by atoms with Gasteiger partial charge < -0.3 is 35.1 Å². The molecule has 0 aromatic carbocycles. The minimum absolute atomic E-state index is 0.0331. The molecule has 37 heavy (non-hydrogen) atoms. The number of aromatic amines is 1. The summed E-state index contributed by atoms with van der Waals surface area (Å²) in [4.78, 5) is 58.6. The molecule has 0 radical (unpaired) electrons. The molecule has 200 valence electrons. The number of hydrogen-bond acceptors (Lipinski definition) is 9. The van der Waals surface area contributed by atoms with Crippen molar-refractivity contribution in [3.63, 3.8) is 0 Å². The molecule has 2 aromatic heterocycles. The Balaban J connectivity index is 1.50. The van der Waals surface area contributed by atoms with E-state index in [0.717, 1.165) is 11.3 Å². The summed E-state index contributed by atoms with van der Waals surface area (Å²) < 4.78 is 10.4. The quantitative estimate of drug-likeness (QED) is 0.347. The van der Waals surface area contributed by atoms with E-state index in [0.29, 0.717) is 43.2 Å². The molecular formula is C22H25Cl2N5O7S. The van der Waals surface area contributed by atoms with Crippen molar-refractivity contribution in [2.24, 2.45) is 0 Å². The monoisotopic (exact) mass is 573 g/mol. The molecular weight excluding hydrogens is 549 g/mol. The van der Waals surface area contributed by atoms with E-state index in [1.165, 1.54) is 14.2 Å².